The van der Waals surface area contributed by atoms with Gasteiger partial charge in [0.1, 0.15) is 23.4 Å². The molecule has 0 bridgehead atoms. The van der Waals surface area contributed by atoms with Gasteiger partial charge >= 0.3 is 0 Å². The van der Waals surface area contributed by atoms with Crippen LogP contribution in [0.5, 0.6) is 5.75 Å². The number of aryl methyl sites for hydroxylation is 1. The van der Waals surface area contributed by atoms with Crippen molar-refractivity contribution in [3.8, 4) is 5.75 Å². The Bertz CT molecular complexity index is 745. The summed E-state index contributed by atoms with van der Waals surface area (Å²) >= 11 is 6.23. The molecule has 2 N–H and O–H groups in total. The number of carbonyl (C=O) groups excluding carboxylic acids is 1. The van der Waals surface area contributed by atoms with Crippen molar-refractivity contribution in [2.75, 3.05) is 13.6 Å². The van der Waals surface area contributed by atoms with Crippen molar-refractivity contribution in [3.05, 3.63) is 51.9 Å². The van der Waals surface area contributed by atoms with E-state index >= 15 is 0 Å². The number of carbonyl (C=O) groups is 1. The summed E-state index contributed by atoms with van der Waals surface area (Å²) in [5, 5.41) is 0.376. The number of halogens is 2. The number of furan rings is 1. The number of ether oxygens (including phenoxy) is 1. The van der Waals surface area contributed by atoms with Crippen molar-refractivity contribution >= 4 is 29.9 Å². The lowest BCUT2D eigenvalue weighted by atomic mass is 10.1. The minimum atomic E-state index is -0.512. The number of amides is 1. The summed E-state index contributed by atoms with van der Waals surface area (Å²) < 4.78 is 11.9. The van der Waals surface area contributed by atoms with E-state index < -0.39 is 5.91 Å². The Labute approximate surface area is 152 Å². The predicted molar refractivity (Wildman–Crippen MR) is 95.0 cm³/mol. The molecule has 3 rings (SSSR count). The van der Waals surface area contributed by atoms with Gasteiger partial charge in [0.15, 0.2) is 0 Å². The highest BCUT2D eigenvalue weighted by molar-refractivity contribution is 6.32. The third-order valence-electron chi connectivity index (χ3n) is 3.98. The average molecular weight is 371 g/mol. The lowest BCUT2D eigenvalue weighted by Crippen LogP contribution is -2.18. The number of nitrogens with zero attached hydrogens (tertiary/aromatic N) is 1. The second-order valence-corrected chi connectivity index (χ2v) is 6.29. The number of fused-ring (bicyclic) bond motifs is 1. The fourth-order valence-corrected chi connectivity index (χ4v) is 3.05. The van der Waals surface area contributed by atoms with Gasteiger partial charge in [-0.25, -0.2) is 0 Å². The Morgan fingerprint density at radius 1 is 1.42 bits per heavy atom. The van der Waals surface area contributed by atoms with E-state index in [1.54, 1.807) is 12.1 Å². The van der Waals surface area contributed by atoms with E-state index in [1.807, 2.05) is 13.0 Å². The minimum absolute atomic E-state index is 0. The van der Waals surface area contributed by atoms with Crippen molar-refractivity contribution in [3.63, 3.8) is 0 Å². The van der Waals surface area contributed by atoms with E-state index in [1.165, 1.54) is 6.07 Å². The molecule has 0 saturated carbocycles. The first kappa shape index (κ1) is 18.6. The molecule has 0 fully saturated rings. The number of rotatable bonds is 3. The summed E-state index contributed by atoms with van der Waals surface area (Å²) in [7, 11) is 2.05. The van der Waals surface area contributed by atoms with Gasteiger partial charge < -0.3 is 14.9 Å². The van der Waals surface area contributed by atoms with Crippen molar-refractivity contribution in [2.45, 2.75) is 26.0 Å². The lowest BCUT2D eigenvalue weighted by molar-refractivity contribution is 0.1000. The van der Waals surface area contributed by atoms with Crippen LogP contribution in [0.25, 0.3) is 0 Å². The first-order valence-electron chi connectivity index (χ1n) is 7.48. The second-order valence-electron chi connectivity index (χ2n) is 5.88. The van der Waals surface area contributed by atoms with Gasteiger partial charge in [-0.1, -0.05) is 11.6 Å². The molecule has 1 atom stereocenters. The number of primary amides is 1. The second kappa shape index (κ2) is 7.47. The van der Waals surface area contributed by atoms with Crippen molar-refractivity contribution in [2.24, 2.45) is 5.73 Å². The molecule has 0 saturated heterocycles. The molecule has 1 aliphatic rings. The number of hydrogen-bond acceptors (Lipinski definition) is 4. The summed E-state index contributed by atoms with van der Waals surface area (Å²) in [5.41, 5.74) is 6.68. The van der Waals surface area contributed by atoms with Crippen molar-refractivity contribution < 1.29 is 13.9 Å². The molecule has 0 radical (unpaired) electrons. The van der Waals surface area contributed by atoms with Crippen LogP contribution in [0.3, 0.4) is 0 Å². The van der Waals surface area contributed by atoms with Crippen LogP contribution in [0.2, 0.25) is 5.02 Å². The third-order valence-corrected chi connectivity index (χ3v) is 4.28. The fourth-order valence-electron chi connectivity index (χ4n) is 2.82. The average Bonchev–Trinajstić information content (AvgIpc) is 2.78. The van der Waals surface area contributed by atoms with Crippen LogP contribution in [0, 0.1) is 6.92 Å². The Morgan fingerprint density at radius 3 is 2.83 bits per heavy atom. The van der Waals surface area contributed by atoms with Crippen molar-refractivity contribution in [1.29, 1.82) is 0 Å². The zero-order chi connectivity index (χ0) is 16.6. The molecule has 1 unspecified atom stereocenters. The van der Waals surface area contributed by atoms with Crippen LogP contribution in [0.15, 0.2) is 28.7 Å². The van der Waals surface area contributed by atoms with Crippen LogP contribution < -0.4 is 10.5 Å². The molecule has 0 spiro atoms. The molecular formula is C17H20Cl2N2O3. The Morgan fingerprint density at radius 2 is 2.17 bits per heavy atom. The molecule has 24 heavy (non-hydrogen) atoms. The molecule has 1 aromatic heterocycles. The molecule has 0 aliphatic carbocycles. The predicted octanol–water partition coefficient (Wildman–Crippen LogP) is 3.72. The maximum atomic E-state index is 11.2. The largest absolute Gasteiger partial charge is 0.484 e. The smallest absolute Gasteiger partial charge is 0.248 e. The molecular weight excluding hydrogens is 351 g/mol. The molecule has 130 valence electrons. The SMILES string of the molecule is Cc1cc2c(o1)CN(C)CCC2Oc1ccc(C(N)=O)cc1Cl.Cl. The summed E-state index contributed by atoms with van der Waals surface area (Å²) in [6.45, 7) is 3.59. The quantitative estimate of drug-likeness (QED) is 0.893. The van der Waals surface area contributed by atoms with E-state index in [-0.39, 0.29) is 18.5 Å². The maximum Gasteiger partial charge on any atom is 0.248 e. The molecule has 1 aromatic carbocycles. The third kappa shape index (κ3) is 3.86. The first-order chi connectivity index (χ1) is 10.9. The fraction of sp³-hybridized carbons (Fsp3) is 0.353. The molecule has 1 aliphatic heterocycles. The topological polar surface area (TPSA) is 68.7 Å². The number of benzene rings is 1. The van der Waals surface area contributed by atoms with Gasteiger partial charge in [0.2, 0.25) is 5.91 Å². The highest BCUT2D eigenvalue weighted by atomic mass is 35.5. The van der Waals surface area contributed by atoms with Crippen molar-refractivity contribution in [1.82, 2.24) is 4.90 Å². The maximum absolute atomic E-state index is 11.2. The summed E-state index contributed by atoms with van der Waals surface area (Å²) in [6.07, 6.45) is 0.695. The molecule has 2 aromatic rings. The lowest BCUT2D eigenvalue weighted by Gasteiger charge is -2.19. The van der Waals surface area contributed by atoms with Gasteiger partial charge in [0, 0.05) is 24.1 Å². The standard InChI is InChI=1S/C17H19ClN2O3.ClH/c1-10-7-12-14(5-6-20(2)9-16(12)22-10)23-15-4-3-11(17(19)21)8-13(15)18;/h3-4,7-8,14H,5-6,9H2,1-2H3,(H2,19,21);1H. The van der Waals surface area contributed by atoms with Crippen LogP contribution in [0.1, 0.15) is 40.0 Å². The highest BCUT2D eigenvalue weighted by Crippen LogP contribution is 2.35. The first-order valence-corrected chi connectivity index (χ1v) is 7.85. The van der Waals surface area contributed by atoms with Crippen LogP contribution in [-0.4, -0.2) is 24.4 Å². The van der Waals surface area contributed by atoms with E-state index in [2.05, 4.69) is 11.9 Å². The van der Waals surface area contributed by atoms with E-state index in [4.69, 9.17) is 26.5 Å². The number of nitrogens with two attached hydrogens (primary N) is 1. The zero-order valence-electron chi connectivity index (χ0n) is 13.5. The number of hydrogen-bond donors (Lipinski definition) is 1. The Balaban J connectivity index is 0.00000208. The van der Waals surface area contributed by atoms with Gasteiger partial charge in [-0.15, -0.1) is 12.4 Å². The van der Waals surface area contributed by atoms with Crippen LogP contribution in [0.4, 0.5) is 0 Å². The summed E-state index contributed by atoms with van der Waals surface area (Å²) in [5.74, 6) is 1.82. The molecule has 5 nitrogen and oxygen atoms in total. The molecule has 2 heterocycles. The monoisotopic (exact) mass is 370 g/mol. The zero-order valence-corrected chi connectivity index (χ0v) is 15.1. The van der Waals surface area contributed by atoms with E-state index in [0.29, 0.717) is 16.3 Å². The van der Waals surface area contributed by atoms with E-state index in [0.717, 1.165) is 36.6 Å². The van der Waals surface area contributed by atoms with Gasteiger partial charge in [0.05, 0.1) is 11.6 Å². The summed E-state index contributed by atoms with van der Waals surface area (Å²) in [4.78, 5) is 13.4. The van der Waals surface area contributed by atoms with Gasteiger partial charge in [0.25, 0.3) is 0 Å². The van der Waals surface area contributed by atoms with E-state index in [9.17, 15) is 4.79 Å². The van der Waals surface area contributed by atoms with Gasteiger partial charge in [-0.2, -0.15) is 0 Å². The van der Waals surface area contributed by atoms with Crippen LogP contribution >= 0.6 is 24.0 Å². The minimum Gasteiger partial charge on any atom is -0.484 e. The molecule has 1 amide bonds. The Kier molecular flexibility index (Phi) is 5.80. The summed E-state index contributed by atoms with van der Waals surface area (Å²) in [6, 6.07) is 6.85. The van der Waals surface area contributed by atoms with Gasteiger partial charge in [-0.3, -0.25) is 9.69 Å². The normalized spacial score (nSPS) is 17.5. The van der Waals surface area contributed by atoms with Gasteiger partial charge in [-0.05, 0) is 38.2 Å². The highest BCUT2D eigenvalue weighted by Gasteiger charge is 2.26. The molecule has 7 heteroatoms. The van der Waals surface area contributed by atoms with Crippen LogP contribution in [-0.2, 0) is 6.54 Å². The Hall–Kier alpha value is -1.69.